The molecule has 0 spiro atoms. The first-order valence-corrected chi connectivity index (χ1v) is 9.22. The fourth-order valence-corrected chi connectivity index (χ4v) is 3.24. The van der Waals surface area contributed by atoms with Gasteiger partial charge in [-0.25, -0.2) is 9.18 Å². The number of amides is 3. The molecule has 0 heterocycles. The minimum Gasteiger partial charge on any atom is -0.338 e. The molecule has 8 heteroatoms. The molecule has 0 fully saturated rings. The van der Waals surface area contributed by atoms with Crippen molar-refractivity contribution >= 4 is 35.1 Å². The Morgan fingerprint density at radius 1 is 1.15 bits per heavy atom. The Bertz CT molecular complexity index is 818. The Morgan fingerprint density at radius 3 is 2.44 bits per heavy atom. The molecule has 2 rings (SSSR count). The van der Waals surface area contributed by atoms with E-state index in [1.54, 1.807) is 43.4 Å². The lowest BCUT2D eigenvalue weighted by atomic mass is 10.0. The highest BCUT2D eigenvalue weighted by Crippen LogP contribution is 2.27. The van der Waals surface area contributed by atoms with Gasteiger partial charge in [-0.2, -0.15) is 0 Å². The summed E-state index contributed by atoms with van der Waals surface area (Å²) in [6.45, 7) is 3.95. The van der Waals surface area contributed by atoms with Gasteiger partial charge in [-0.3, -0.25) is 10.1 Å². The van der Waals surface area contributed by atoms with E-state index in [0.717, 1.165) is 0 Å². The Balaban J connectivity index is 2.27. The number of imide groups is 1. The molecule has 0 saturated heterocycles. The first kappa shape index (κ1) is 21.2. The predicted octanol–water partition coefficient (Wildman–Crippen LogP) is 3.34. The van der Waals surface area contributed by atoms with Gasteiger partial charge in [0.2, 0.25) is 0 Å². The molecule has 0 bridgehead atoms. The van der Waals surface area contributed by atoms with Crippen molar-refractivity contribution in [1.82, 2.24) is 10.6 Å². The van der Waals surface area contributed by atoms with Crippen LogP contribution in [0.2, 0.25) is 10.0 Å². The molecule has 2 atom stereocenters. The summed E-state index contributed by atoms with van der Waals surface area (Å²) in [7, 11) is 0. The van der Waals surface area contributed by atoms with E-state index in [9.17, 15) is 14.0 Å². The normalized spacial score (nSPS) is 12.9. The van der Waals surface area contributed by atoms with Crippen LogP contribution in [0.3, 0.4) is 0 Å². The summed E-state index contributed by atoms with van der Waals surface area (Å²) in [5.41, 5.74) is 1.21. The van der Waals surface area contributed by atoms with Crippen LogP contribution in [0.25, 0.3) is 0 Å². The molecular formula is C19H21Cl2FN3O2+. The van der Waals surface area contributed by atoms with E-state index < -0.39 is 23.8 Å². The smallest absolute Gasteiger partial charge is 0.321 e. The van der Waals surface area contributed by atoms with Crippen LogP contribution in [-0.4, -0.2) is 18.5 Å². The van der Waals surface area contributed by atoms with E-state index in [2.05, 4.69) is 10.6 Å². The van der Waals surface area contributed by atoms with Crippen LogP contribution >= 0.6 is 23.2 Å². The zero-order valence-corrected chi connectivity index (χ0v) is 16.4. The number of nitrogens with one attached hydrogen (secondary N) is 2. The Labute approximate surface area is 167 Å². The molecule has 3 amide bonds. The molecule has 5 nitrogen and oxygen atoms in total. The Morgan fingerprint density at radius 2 is 1.81 bits per heavy atom. The van der Waals surface area contributed by atoms with Gasteiger partial charge in [-0.15, -0.1) is 0 Å². The quantitative estimate of drug-likeness (QED) is 0.636. The molecule has 0 aliphatic rings. The second-order valence-corrected chi connectivity index (χ2v) is 6.82. The maximum absolute atomic E-state index is 13.9. The molecule has 0 aliphatic carbocycles. The summed E-state index contributed by atoms with van der Waals surface area (Å²) in [5.74, 6) is -1.07. The number of quaternary nitrogens is 1. The molecule has 0 unspecified atom stereocenters. The summed E-state index contributed by atoms with van der Waals surface area (Å²) in [5, 5.41) is 6.81. The number of urea groups is 1. The molecule has 27 heavy (non-hydrogen) atoms. The number of hydrogen-bond donors (Lipinski definition) is 3. The topological polar surface area (TPSA) is 74.8 Å². The molecule has 2 aromatic carbocycles. The molecular weight excluding hydrogens is 392 g/mol. The SMILES string of the molecule is CCNC(=O)NC(=O)[C@H]([NH2+][C@@H](C)c1cc(F)c(Cl)cc1Cl)c1ccccc1. The van der Waals surface area contributed by atoms with Crippen molar-refractivity contribution in [2.45, 2.75) is 25.9 Å². The van der Waals surface area contributed by atoms with Crippen LogP contribution in [0.1, 0.15) is 37.1 Å². The first-order chi connectivity index (χ1) is 12.8. The molecule has 2 aromatic rings. The lowest BCUT2D eigenvalue weighted by Crippen LogP contribution is -2.88. The van der Waals surface area contributed by atoms with Gasteiger partial charge in [0.25, 0.3) is 5.91 Å². The van der Waals surface area contributed by atoms with E-state index in [0.29, 0.717) is 22.7 Å². The monoisotopic (exact) mass is 412 g/mol. The highest BCUT2D eigenvalue weighted by atomic mass is 35.5. The van der Waals surface area contributed by atoms with Crippen molar-refractivity contribution in [1.29, 1.82) is 0 Å². The summed E-state index contributed by atoms with van der Waals surface area (Å²) in [6.07, 6.45) is 0. The van der Waals surface area contributed by atoms with E-state index in [1.807, 2.05) is 6.07 Å². The van der Waals surface area contributed by atoms with Crippen molar-refractivity contribution in [3.63, 3.8) is 0 Å². The largest absolute Gasteiger partial charge is 0.338 e. The van der Waals surface area contributed by atoms with Gasteiger partial charge >= 0.3 is 6.03 Å². The number of benzene rings is 2. The fraction of sp³-hybridized carbons (Fsp3) is 0.263. The van der Waals surface area contributed by atoms with E-state index in [4.69, 9.17) is 23.2 Å². The van der Waals surface area contributed by atoms with Crippen molar-refractivity contribution in [3.05, 3.63) is 69.5 Å². The number of carbonyl (C=O) groups excluding carboxylic acids is 2. The standard InChI is InChI=1S/C19H20Cl2FN3O2/c1-3-23-19(27)25-18(26)17(12-7-5-4-6-8-12)24-11(2)13-9-16(22)15(21)10-14(13)20/h4-11,17,24H,3H2,1-2H3,(H2,23,25,26,27)/p+1/t11-,17+/m0/s1. The minimum absolute atomic E-state index is 0.0652. The third-order valence-corrected chi connectivity index (χ3v) is 4.64. The predicted molar refractivity (Wildman–Crippen MR) is 103 cm³/mol. The van der Waals surface area contributed by atoms with Crippen molar-refractivity contribution in [2.24, 2.45) is 0 Å². The third-order valence-electron chi connectivity index (χ3n) is 4.03. The van der Waals surface area contributed by atoms with Crippen molar-refractivity contribution < 1.29 is 19.3 Å². The summed E-state index contributed by atoms with van der Waals surface area (Å²) in [6, 6.07) is 9.94. The average Bonchev–Trinajstić information content (AvgIpc) is 2.63. The number of carbonyl (C=O) groups is 2. The van der Waals surface area contributed by atoms with E-state index in [-0.39, 0.29) is 11.1 Å². The van der Waals surface area contributed by atoms with Gasteiger partial charge in [0.05, 0.1) is 10.0 Å². The van der Waals surface area contributed by atoms with Crippen LogP contribution in [0, 0.1) is 5.82 Å². The van der Waals surface area contributed by atoms with Gasteiger partial charge < -0.3 is 10.6 Å². The number of hydrogen-bond acceptors (Lipinski definition) is 2. The average molecular weight is 413 g/mol. The van der Waals surface area contributed by atoms with Crippen molar-refractivity contribution in [2.75, 3.05) is 6.54 Å². The lowest BCUT2D eigenvalue weighted by Gasteiger charge is -2.21. The van der Waals surface area contributed by atoms with Crippen LogP contribution in [0.4, 0.5) is 9.18 Å². The van der Waals surface area contributed by atoms with Gasteiger partial charge in [0.1, 0.15) is 11.9 Å². The zero-order chi connectivity index (χ0) is 20.0. The second-order valence-electron chi connectivity index (χ2n) is 6.01. The number of nitrogens with two attached hydrogens (primary N) is 1. The third kappa shape index (κ3) is 5.66. The molecule has 0 saturated carbocycles. The van der Waals surface area contributed by atoms with Gasteiger partial charge in [0, 0.05) is 17.7 Å². The molecule has 0 radical (unpaired) electrons. The summed E-state index contributed by atoms with van der Waals surface area (Å²) >= 11 is 11.9. The van der Waals surface area contributed by atoms with Gasteiger partial charge in [-0.1, -0.05) is 53.5 Å². The molecule has 0 aromatic heterocycles. The maximum Gasteiger partial charge on any atom is 0.321 e. The minimum atomic E-state index is -0.724. The highest BCUT2D eigenvalue weighted by molar-refractivity contribution is 6.35. The molecule has 144 valence electrons. The van der Waals surface area contributed by atoms with E-state index >= 15 is 0 Å². The first-order valence-electron chi connectivity index (χ1n) is 8.46. The Kier molecular flexibility index (Phi) is 7.59. The van der Waals surface area contributed by atoms with Crippen LogP contribution in [0.5, 0.6) is 0 Å². The van der Waals surface area contributed by atoms with E-state index in [1.165, 1.54) is 12.1 Å². The van der Waals surface area contributed by atoms with Crippen LogP contribution in [0.15, 0.2) is 42.5 Å². The summed E-state index contributed by atoms with van der Waals surface area (Å²) in [4.78, 5) is 24.4. The van der Waals surface area contributed by atoms with Gasteiger partial charge in [-0.05, 0) is 26.0 Å². The number of halogens is 3. The Hall–Kier alpha value is -2.15. The van der Waals surface area contributed by atoms with Crippen molar-refractivity contribution in [3.8, 4) is 0 Å². The maximum atomic E-state index is 13.9. The summed E-state index contributed by atoms with van der Waals surface area (Å²) < 4.78 is 13.9. The van der Waals surface area contributed by atoms with Crippen LogP contribution in [-0.2, 0) is 4.79 Å². The molecule has 0 aliphatic heterocycles. The van der Waals surface area contributed by atoms with Crippen LogP contribution < -0.4 is 16.0 Å². The number of rotatable bonds is 6. The lowest BCUT2D eigenvalue weighted by molar-refractivity contribution is -0.719. The molecule has 4 N–H and O–H groups in total. The fourth-order valence-electron chi connectivity index (χ4n) is 2.68. The zero-order valence-electron chi connectivity index (χ0n) is 14.9. The van der Waals surface area contributed by atoms with Gasteiger partial charge in [0.15, 0.2) is 6.04 Å². The second kappa shape index (κ2) is 9.69. The highest BCUT2D eigenvalue weighted by Gasteiger charge is 2.29.